The molecule has 0 saturated carbocycles. The summed E-state index contributed by atoms with van der Waals surface area (Å²) in [6.07, 6.45) is 0.388. The second-order valence-electron chi connectivity index (χ2n) is 5.90. The summed E-state index contributed by atoms with van der Waals surface area (Å²) in [6, 6.07) is 24.5. The van der Waals surface area contributed by atoms with E-state index in [9.17, 15) is 4.79 Å². The Balaban J connectivity index is 1.62. The van der Waals surface area contributed by atoms with E-state index in [-0.39, 0.29) is 11.9 Å². The Bertz CT molecular complexity index is 845. The van der Waals surface area contributed by atoms with Crippen LogP contribution in [0.2, 0.25) is 0 Å². The number of anilines is 1. The fourth-order valence-corrected chi connectivity index (χ4v) is 3.60. The standard InChI is InChI=1S/C21H19N3OS/c22-15-18-12-14-26-21(18)24-19(25)11-13-23-20(16-7-3-1-4-8-16)17-9-5-2-6-10-17/h1-10,12,14,20,23H,11,13H2,(H,24,25)/p+1. The van der Waals surface area contributed by atoms with Gasteiger partial charge in [-0.2, -0.15) is 5.26 Å². The van der Waals surface area contributed by atoms with Gasteiger partial charge in [0.05, 0.1) is 18.5 Å². The maximum Gasteiger partial charge on any atom is 0.230 e. The first-order chi connectivity index (χ1) is 12.8. The van der Waals surface area contributed by atoms with Gasteiger partial charge >= 0.3 is 0 Å². The van der Waals surface area contributed by atoms with Crippen molar-refractivity contribution in [1.82, 2.24) is 0 Å². The molecule has 3 aromatic rings. The van der Waals surface area contributed by atoms with Gasteiger partial charge in [0, 0.05) is 11.1 Å². The molecule has 0 aliphatic carbocycles. The number of nitrogens with one attached hydrogen (secondary N) is 1. The summed E-state index contributed by atoms with van der Waals surface area (Å²) in [6.45, 7) is 0.660. The molecule has 0 aliphatic rings. The predicted molar refractivity (Wildman–Crippen MR) is 104 cm³/mol. The van der Waals surface area contributed by atoms with E-state index in [4.69, 9.17) is 5.26 Å². The van der Waals surface area contributed by atoms with Gasteiger partial charge in [-0.1, -0.05) is 60.7 Å². The van der Waals surface area contributed by atoms with Gasteiger partial charge in [-0.3, -0.25) is 4.79 Å². The summed E-state index contributed by atoms with van der Waals surface area (Å²) < 4.78 is 0. The van der Waals surface area contributed by atoms with Gasteiger partial charge in [0.1, 0.15) is 17.1 Å². The lowest BCUT2D eigenvalue weighted by Gasteiger charge is -2.16. The molecule has 0 unspecified atom stereocenters. The van der Waals surface area contributed by atoms with Crippen LogP contribution in [0.15, 0.2) is 72.1 Å². The van der Waals surface area contributed by atoms with Crippen molar-refractivity contribution in [2.45, 2.75) is 12.5 Å². The Morgan fingerprint density at radius 3 is 2.23 bits per heavy atom. The molecule has 0 fully saturated rings. The minimum absolute atomic E-state index is 0.0694. The molecule has 0 spiro atoms. The number of nitriles is 1. The number of benzene rings is 2. The van der Waals surface area contributed by atoms with E-state index < -0.39 is 0 Å². The second kappa shape index (κ2) is 8.95. The Morgan fingerprint density at radius 1 is 1.04 bits per heavy atom. The van der Waals surface area contributed by atoms with Gasteiger partial charge in [-0.15, -0.1) is 11.3 Å². The van der Waals surface area contributed by atoms with Crippen LogP contribution in [0.1, 0.15) is 29.2 Å². The number of amides is 1. The summed E-state index contributed by atoms with van der Waals surface area (Å²) in [5.41, 5.74) is 2.94. The van der Waals surface area contributed by atoms with Crippen molar-refractivity contribution in [2.75, 3.05) is 11.9 Å². The molecule has 5 heteroatoms. The molecule has 0 aliphatic heterocycles. The van der Waals surface area contributed by atoms with Crippen LogP contribution < -0.4 is 10.6 Å². The summed E-state index contributed by atoms with van der Waals surface area (Å²) in [4.78, 5) is 12.2. The average Bonchev–Trinajstić information content (AvgIpc) is 3.13. The Hall–Kier alpha value is -2.94. The fraction of sp³-hybridized carbons (Fsp3) is 0.143. The number of rotatable bonds is 7. The van der Waals surface area contributed by atoms with Gasteiger partial charge < -0.3 is 10.6 Å². The van der Waals surface area contributed by atoms with E-state index in [0.717, 1.165) is 0 Å². The largest absolute Gasteiger partial charge is 0.336 e. The van der Waals surface area contributed by atoms with Gasteiger partial charge in [0.15, 0.2) is 0 Å². The van der Waals surface area contributed by atoms with Crippen molar-refractivity contribution in [3.8, 4) is 6.07 Å². The van der Waals surface area contributed by atoms with Crippen LogP contribution in [-0.4, -0.2) is 12.5 Å². The van der Waals surface area contributed by atoms with Crippen molar-refractivity contribution >= 4 is 22.2 Å². The van der Waals surface area contributed by atoms with Crippen LogP contribution in [0.5, 0.6) is 0 Å². The molecule has 0 saturated heterocycles. The smallest absolute Gasteiger partial charge is 0.230 e. The van der Waals surface area contributed by atoms with E-state index in [1.165, 1.54) is 22.5 Å². The first kappa shape index (κ1) is 17.9. The van der Waals surface area contributed by atoms with Gasteiger partial charge in [-0.25, -0.2) is 0 Å². The lowest BCUT2D eigenvalue weighted by molar-refractivity contribution is -0.686. The average molecular weight is 362 g/mol. The number of carbonyl (C=O) groups is 1. The van der Waals surface area contributed by atoms with Crippen LogP contribution in [0.25, 0.3) is 0 Å². The molecule has 0 bridgehead atoms. The number of nitrogens with two attached hydrogens (primary N) is 1. The van der Waals surface area contributed by atoms with Crippen LogP contribution in [-0.2, 0) is 4.79 Å². The van der Waals surface area contributed by atoms with Gasteiger partial charge in [0.2, 0.25) is 5.91 Å². The molecule has 0 radical (unpaired) electrons. The highest BCUT2D eigenvalue weighted by Crippen LogP contribution is 2.22. The van der Waals surface area contributed by atoms with Gasteiger partial charge in [-0.05, 0) is 11.4 Å². The Kier molecular flexibility index (Phi) is 6.15. The van der Waals surface area contributed by atoms with Crippen molar-refractivity contribution in [2.24, 2.45) is 0 Å². The molecular formula is C21H20N3OS+. The molecule has 1 heterocycles. The molecule has 1 amide bonds. The molecule has 4 nitrogen and oxygen atoms in total. The zero-order valence-electron chi connectivity index (χ0n) is 14.3. The quantitative estimate of drug-likeness (QED) is 0.677. The lowest BCUT2D eigenvalue weighted by atomic mass is 9.98. The fourth-order valence-electron chi connectivity index (χ4n) is 2.85. The Labute approximate surface area is 157 Å². The molecule has 1 aromatic heterocycles. The third-order valence-electron chi connectivity index (χ3n) is 4.13. The van der Waals surface area contributed by atoms with Crippen molar-refractivity contribution in [3.05, 3.63) is 88.8 Å². The summed E-state index contributed by atoms with van der Waals surface area (Å²) in [7, 11) is 0. The van der Waals surface area contributed by atoms with Crippen LogP contribution in [0, 0.1) is 11.3 Å². The number of thiophene rings is 1. The lowest BCUT2D eigenvalue weighted by Crippen LogP contribution is -2.85. The maximum absolute atomic E-state index is 12.2. The topological polar surface area (TPSA) is 69.5 Å². The third kappa shape index (κ3) is 4.57. The highest BCUT2D eigenvalue weighted by atomic mass is 32.1. The van der Waals surface area contributed by atoms with E-state index in [1.807, 2.05) is 36.4 Å². The third-order valence-corrected chi connectivity index (χ3v) is 4.96. The number of hydrogen-bond donors (Lipinski definition) is 2. The number of carbonyl (C=O) groups excluding carboxylic acids is 1. The van der Waals surface area contributed by atoms with E-state index in [1.54, 1.807) is 11.4 Å². The van der Waals surface area contributed by atoms with E-state index >= 15 is 0 Å². The molecule has 2 aromatic carbocycles. The first-order valence-corrected chi connectivity index (χ1v) is 9.36. The van der Waals surface area contributed by atoms with E-state index in [2.05, 4.69) is 41.0 Å². The molecular weight excluding hydrogens is 342 g/mol. The van der Waals surface area contributed by atoms with Crippen LogP contribution in [0.3, 0.4) is 0 Å². The molecule has 3 N–H and O–H groups in total. The maximum atomic E-state index is 12.2. The molecule has 26 heavy (non-hydrogen) atoms. The predicted octanol–water partition coefficient (Wildman–Crippen LogP) is 3.30. The minimum Gasteiger partial charge on any atom is -0.336 e. The number of quaternary nitrogens is 1. The molecule has 130 valence electrons. The summed E-state index contributed by atoms with van der Waals surface area (Å²) in [5.74, 6) is -0.0694. The first-order valence-electron chi connectivity index (χ1n) is 8.48. The molecule has 0 atom stereocenters. The van der Waals surface area contributed by atoms with Crippen molar-refractivity contribution < 1.29 is 10.1 Å². The SMILES string of the molecule is N#Cc1ccsc1NC(=O)CC[NH2+]C(c1ccccc1)c1ccccc1. The van der Waals surface area contributed by atoms with Crippen LogP contribution >= 0.6 is 11.3 Å². The highest BCUT2D eigenvalue weighted by Gasteiger charge is 2.17. The van der Waals surface area contributed by atoms with Crippen molar-refractivity contribution in [1.29, 1.82) is 5.26 Å². The zero-order valence-corrected chi connectivity index (χ0v) is 15.1. The van der Waals surface area contributed by atoms with Gasteiger partial charge in [0.25, 0.3) is 0 Å². The van der Waals surface area contributed by atoms with Crippen molar-refractivity contribution in [3.63, 3.8) is 0 Å². The number of hydrogen-bond acceptors (Lipinski definition) is 3. The summed E-state index contributed by atoms with van der Waals surface area (Å²) >= 11 is 1.37. The normalized spacial score (nSPS) is 10.5. The number of nitrogens with zero attached hydrogens (tertiary/aromatic N) is 1. The molecule has 3 rings (SSSR count). The second-order valence-corrected chi connectivity index (χ2v) is 6.81. The zero-order chi connectivity index (χ0) is 18.2. The Morgan fingerprint density at radius 2 is 1.65 bits per heavy atom. The minimum atomic E-state index is -0.0694. The highest BCUT2D eigenvalue weighted by molar-refractivity contribution is 7.14. The van der Waals surface area contributed by atoms with E-state index in [0.29, 0.717) is 23.5 Å². The summed E-state index contributed by atoms with van der Waals surface area (Å²) in [5, 5.41) is 16.5. The van der Waals surface area contributed by atoms with Crippen LogP contribution in [0.4, 0.5) is 5.00 Å². The monoisotopic (exact) mass is 362 g/mol.